The van der Waals surface area contributed by atoms with E-state index >= 15 is 0 Å². The van der Waals surface area contributed by atoms with Gasteiger partial charge in [-0.1, -0.05) is 48.5 Å². The third-order valence-corrected chi connectivity index (χ3v) is 5.52. The summed E-state index contributed by atoms with van der Waals surface area (Å²) in [6.45, 7) is 2.45. The zero-order valence-corrected chi connectivity index (χ0v) is 17.6. The molecule has 0 aromatic heterocycles. The van der Waals surface area contributed by atoms with Gasteiger partial charge in [0, 0.05) is 18.3 Å². The fourth-order valence-corrected chi connectivity index (χ4v) is 3.81. The van der Waals surface area contributed by atoms with Gasteiger partial charge in [-0.25, -0.2) is 4.90 Å². The number of amides is 2. The van der Waals surface area contributed by atoms with Crippen molar-refractivity contribution < 1.29 is 14.3 Å². The molecule has 0 saturated carbocycles. The number of aliphatic imine (C=N–C) groups is 1. The number of carbonyl (C=O) groups is 2. The standard InChI is InChI=1S/C26H24N2O3/c1-18-7-3-6-10-24(18)28-25(29)22-9-5-4-8-21(22)23(26(28)30)17-27-16-15-19-11-13-20(31-2)14-12-19/h3-14,17,23H,15-16H2,1-2H3/t23-/m1/s1. The Morgan fingerprint density at radius 1 is 0.968 bits per heavy atom. The summed E-state index contributed by atoms with van der Waals surface area (Å²) in [4.78, 5) is 32.4. The minimum atomic E-state index is -0.593. The summed E-state index contributed by atoms with van der Waals surface area (Å²) in [6.07, 6.45) is 2.44. The first-order valence-corrected chi connectivity index (χ1v) is 10.3. The van der Waals surface area contributed by atoms with Crippen LogP contribution in [0.25, 0.3) is 0 Å². The molecule has 0 radical (unpaired) electrons. The summed E-state index contributed by atoms with van der Waals surface area (Å²) in [5.41, 5.74) is 3.87. The number of aryl methyl sites for hydroxylation is 1. The van der Waals surface area contributed by atoms with Gasteiger partial charge >= 0.3 is 0 Å². The molecule has 1 aliphatic heterocycles. The molecule has 156 valence electrons. The lowest BCUT2D eigenvalue weighted by atomic mass is 9.88. The molecule has 3 aromatic carbocycles. The van der Waals surface area contributed by atoms with Gasteiger partial charge in [-0.3, -0.25) is 14.6 Å². The predicted octanol–water partition coefficient (Wildman–Crippen LogP) is 4.59. The molecular weight excluding hydrogens is 388 g/mol. The average Bonchev–Trinajstić information content (AvgIpc) is 2.80. The van der Waals surface area contributed by atoms with Crippen molar-refractivity contribution >= 4 is 23.7 Å². The van der Waals surface area contributed by atoms with Gasteiger partial charge in [-0.2, -0.15) is 0 Å². The Labute approximate surface area is 182 Å². The maximum atomic E-state index is 13.4. The van der Waals surface area contributed by atoms with E-state index in [0.29, 0.717) is 23.4 Å². The highest BCUT2D eigenvalue weighted by Gasteiger charge is 2.39. The van der Waals surface area contributed by atoms with Gasteiger partial charge in [0.1, 0.15) is 5.75 Å². The monoisotopic (exact) mass is 412 g/mol. The number of methoxy groups -OCH3 is 1. The van der Waals surface area contributed by atoms with E-state index < -0.39 is 5.92 Å². The number of imide groups is 1. The van der Waals surface area contributed by atoms with Crippen LogP contribution in [-0.2, 0) is 11.2 Å². The van der Waals surface area contributed by atoms with Crippen molar-refractivity contribution in [3.05, 3.63) is 95.1 Å². The summed E-state index contributed by atoms with van der Waals surface area (Å²) in [7, 11) is 1.64. The number of nitrogens with zero attached hydrogens (tertiary/aromatic N) is 2. The molecule has 0 spiro atoms. The molecule has 31 heavy (non-hydrogen) atoms. The summed E-state index contributed by atoms with van der Waals surface area (Å²) < 4.78 is 5.18. The van der Waals surface area contributed by atoms with Crippen LogP contribution in [0.4, 0.5) is 5.69 Å². The molecule has 0 N–H and O–H groups in total. The van der Waals surface area contributed by atoms with Crippen LogP contribution in [0, 0.1) is 6.92 Å². The quantitative estimate of drug-likeness (QED) is 0.440. The number of fused-ring (bicyclic) bond motifs is 1. The highest BCUT2D eigenvalue weighted by Crippen LogP contribution is 2.33. The number of rotatable bonds is 6. The van der Waals surface area contributed by atoms with Crippen molar-refractivity contribution in [1.29, 1.82) is 0 Å². The Morgan fingerprint density at radius 2 is 1.68 bits per heavy atom. The van der Waals surface area contributed by atoms with Gasteiger partial charge < -0.3 is 4.74 Å². The Morgan fingerprint density at radius 3 is 2.42 bits per heavy atom. The molecule has 2 amide bonds. The Hall–Kier alpha value is -3.73. The molecule has 0 bridgehead atoms. The second-order valence-electron chi connectivity index (χ2n) is 7.48. The van der Waals surface area contributed by atoms with Crippen molar-refractivity contribution in [3.63, 3.8) is 0 Å². The molecule has 0 aliphatic carbocycles. The van der Waals surface area contributed by atoms with E-state index in [9.17, 15) is 9.59 Å². The van der Waals surface area contributed by atoms with Gasteiger partial charge in [-0.15, -0.1) is 0 Å². The zero-order chi connectivity index (χ0) is 21.8. The van der Waals surface area contributed by atoms with Gasteiger partial charge in [0.15, 0.2) is 0 Å². The van der Waals surface area contributed by atoms with Crippen molar-refractivity contribution in [2.75, 3.05) is 18.6 Å². The molecule has 5 nitrogen and oxygen atoms in total. The normalized spacial score (nSPS) is 15.9. The highest BCUT2D eigenvalue weighted by molar-refractivity contribution is 6.29. The van der Waals surface area contributed by atoms with Gasteiger partial charge in [-0.05, 0) is 54.3 Å². The van der Waals surface area contributed by atoms with Crippen molar-refractivity contribution in [2.45, 2.75) is 19.3 Å². The second-order valence-corrected chi connectivity index (χ2v) is 7.48. The molecule has 5 heteroatoms. The SMILES string of the molecule is COc1ccc(CCN=C[C@H]2C(=O)N(c3ccccc3C)C(=O)c3ccccc32)cc1. The topological polar surface area (TPSA) is 59.0 Å². The average molecular weight is 412 g/mol. The number of hydrogen-bond acceptors (Lipinski definition) is 4. The van der Waals surface area contributed by atoms with E-state index in [-0.39, 0.29) is 11.8 Å². The van der Waals surface area contributed by atoms with Gasteiger partial charge in [0.25, 0.3) is 5.91 Å². The van der Waals surface area contributed by atoms with Crippen LogP contribution in [0.5, 0.6) is 5.75 Å². The molecule has 0 unspecified atom stereocenters. The number of ether oxygens (including phenoxy) is 1. The molecule has 0 saturated heterocycles. The Bertz CT molecular complexity index is 1140. The van der Waals surface area contributed by atoms with Crippen LogP contribution in [-0.4, -0.2) is 31.7 Å². The third-order valence-electron chi connectivity index (χ3n) is 5.52. The van der Waals surface area contributed by atoms with Crippen LogP contribution < -0.4 is 9.64 Å². The molecule has 4 rings (SSSR count). The van der Waals surface area contributed by atoms with E-state index in [2.05, 4.69) is 4.99 Å². The third kappa shape index (κ3) is 4.12. The Kier molecular flexibility index (Phi) is 5.94. The van der Waals surface area contributed by atoms with Crippen molar-refractivity contribution in [3.8, 4) is 5.75 Å². The lowest BCUT2D eigenvalue weighted by Crippen LogP contribution is -2.45. The number of carbonyl (C=O) groups excluding carboxylic acids is 2. The lowest BCUT2D eigenvalue weighted by Gasteiger charge is -2.31. The van der Waals surface area contributed by atoms with E-state index in [1.807, 2.05) is 67.6 Å². The van der Waals surface area contributed by atoms with Crippen LogP contribution in [0.3, 0.4) is 0 Å². The number of benzene rings is 3. The zero-order valence-electron chi connectivity index (χ0n) is 17.6. The van der Waals surface area contributed by atoms with E-state index in [1.165, 1.54) is 4.90 Å². The van der Waals surface area contributed by atoms with Crippen molar-refractivity contribution in [1.82, 2.24) is 0 Å². The number of para-hydroxylation sites is 1. The molecule has 3 aromatic rings. The minimum absolute atomic E-state index is 0.272. The second kappa shape index (κ2) is 8.96. The first-order valence-electron chi connectivity index (χ1n) is 10.3. The van der Waals surface area contributed by atoms with Crippen LogP contribution in [0.15, 0.2) is 77.8 Å². The first-order chi connectivity index (χ1) is 15.1. The number of hydrogen-bond donors (Lipinski definition) is 0. The fourth-order valence-electron chi connectivity index (χ4n) is 3.81. The van der Waals surface area contributed by atoms with E-state index in [0.717, 1.165) is 23.3 Å². The van der Waals surface area contributed by atoms with Gasteiger partial charge in [0.2, 0.25) is 5.91 Å². The maximum absolute atomic E-state index is 13.4. The molecule has 1 aliphatic rings. The van der Waals surface area contributed by atoms with Gasteiger partial charge in [0.05, 0.1) is 18.7 Å². The van der Waals surface area contributed by atoms with Crippen LogP contribution in [0.2, 0.25) is 0 Å². The predicted molar refractivity (Wildman–Crippen MR) is 122 cm³/mol. The summed E-state index contributed by atoms with van der Waals surface area (Å²) in [6, 6.07) is 22.6. The highest BCUT2D eigenvalue weighted by atomic mass is 16.5. The van der Waals surface area contributed by atoms with Crippen LogP contribution in [0.1, 0.15) is 33.0 Å². The summed E-state index contributed by atoms with van der Waals surface area (Å²) >= 11 is 0. The Balaban J connectivity index is 1.59. The first kappa shape index (κ1) is 20.5. The summed E-state index contributed by atoms with van der Waals surface area (Å²) in [5.74, 6) is -0.342. The van der Waals surface area contributed by atoms with E-state index in [1.54, 1.807) is 25.5 Å². The van der Waals surface area contributed by atoms with Crippen LogP contribution >= 0.6 is 0 Å². The van der Waals surface area contributed by atoms with Crippen molar-refractivity contribution in [2.24, 2.45) is 4.99 Å². The minimum Gasteiger partial charge on any atom is -0.497 e. The molecule has 1 atom stereocenters. The lowest BCUT2D eigenvalue weighted by molar-refractivity contribution is -0.118. The fraction of sp³-hybridized carbons (Fsp3) is 0.192. The maximum Gasteiger partial charge on any atom is 0.265 e. The number of anilines is 1. The van der Waals surface area contributed by atoms with E-state index in [4.69, 9.17) is 4.74 Å². The summed E-state index contributed by atoms with van der Waals surface area (Å²) in [5, 5.41) is 0. The smallest absolute Gasteiger partial charge is 0.265 e. The molecule has 0 fully saturated rings. The largest absolute Gasteiger partial charge is 0.497 e. The molecule has 1 heterocycles. The molecular formula is C26H24N2O3.